The molecule has 1 N–H and O–H groups in total. The van der Waals surface area contributed by atoms with Crippen molar-refractivity contribution in [3.05, 3.63) is 71.5 Å². The SMILES string of the molecule is CC(C)c1ccc(OCC(=O)Nc2c(-c3ccc(F)cc3)nc3sccn23)cc1. The van der Waals surface area contributed by atoms with Crippen LogP contribution in [0.2, 0.25) is 0 Å². The maximum atomic E-state index is 13.3. The summed E-state index contributed by atoms with van der Waals surface area (Å²) in [5.74, 6) is 0.993. The number of fused-ring (bicyclic) bond motifs is 1. The molecule has 4 rings (SSSR count). The monoisotopic (exact) mass is 409 g/mol. The number of nitrogens with zero attached hydrogens (tertiary/aromatic N) is 2. The molecule has 0 spiro atoms. The van der Waals surface area contributed by atoms with Gasteiger partial charge in [0.25, 0.3) is 5.91 Å². The van der Waals surface area contributed by atoms with Gasteiger partial charge in [0.15, 0.2) is 11.6 Å². The van der Waals surface area contributed by atoms with Crippen LogP contribution in [0.3, 0.4) is 0 Å². The lowest BCUT2D eigenvalue weighted by Gasteiger charge is -2.10. The molecule has 2 aromatic carbocycles. The Hall–Kier alpha value is -3.19. The molecule has 0 atom stereocenters. The van der Waals surface area contributed by atoms with Gasteiger partial charge in [-0.05, 0) is 47.9 Å². The third-order valence-electron chi connectivity index (χ3n) is 4.55. The Morgan fingerprint density at radius 2 is 1.90 bits per heavy atom. The van der Waals surface area contributed by atoms with Gasteiger partial charge < -0.3 is 10.1 Å². The van der Waals surface area contributed by atoms with E-state index in [0.717, 1.165) is 10.5 Å². The number of imidazole rings is 1. The molecule has 0 aliphatic carbocycles. The van der Waals surface area contributed by atoms with E-state index in [1.807, 2.05) is 35.8 Å². The van der Waals surface area contributed by atoms with Crippen molar-refractivity contribution < 1.29 is 13.9 Å². The van der Waals surface area contributed by atoms with Crippen LogP contribution in [0, 0.1) is 5.82 Å². The van der Waals surface area contributed by atoms with Crippen molar-refractivity contribution in [2.75, 3.05) is 11.9 Å². The first-order chi connectivity index (χ1) is 14.0. The second kappa shape index (κ2) is 8.05. The number of rotatable bonds is 6. The molecular formula is C22H20FN3O2S. The molecule has 2 aromatic heterocycles. The van der Waals surface area contributed by atoms with Crippen molar-refractivity contribution in [3.8, 4) is 17.0 Å². The number of amides is 1. The Morgan fingerprint density at radius 3 is 2.59 bits per heavy atom. The molecule has 5 nitrogen and oxygen atoms in total. The van der Waals surface area contributed by atoms with E-state index in [0.29, 0.717) is 23.2 Å². The minimum Gasteiger partial charge on any atom is -0.484 e. The quantitative estimate of drug-likeness (QED) is 0.467. The van der Waals surface area contributed by atoms with Gasteiger partial charge in [-0.2, -0.15) is 0 Å². The molecule has 2 heterocycles. The molecule has 0 unspecified atom stereocenters. The van der Waals surface area contributed by atoms with Crippen LogP contribution >= 0.6 is 11.3 Å². The third-order valence-corrected chi connectivity index (χ3v) is 5.31. The molecular weight excluding hydrogens is 389 g/mol. The first kappa shape index (κ1) is 19.1. The molecule has 0 aliphatic rings. The molecule has 1 amide bonds. The lowest BCUT2D eigenvalue weighted by Crippen LogP contribution is -2.21. The van der Waals surface area contributed by atoms with Crippen molar-refractivity contribution in [3.63, 3.8) is 0 Å². The molecule has 0 aliphatic heterocycles. The number of hydrogen-bond donors (Lipinski definition) is 1. The summed E-state index contributed by atoms with van der Waals surface area (Å²) in [5, 5.41) is 4.77. The average Bonchev–Trinajstić information content (AvgIpc) is 3.30. The number of carbonyl (C=O) groups excluding carboxylic acids is 1. The number of carbonyl (C=O) groups is 1. The van der Waals surface area contributed by atoms with E-state index in [9.17, 15) is 9.18 Å². The van der Waals surface area contributed by atoms with E-state index in [1.54, 1.807) is 16.5 Å². The number of anilines is 1. The number of ether oxygens (including phenoxy) is 1. The predicted molar refractivity (Wildman–Crippen MR) is 113 cm³/mol. The number of thiazole rings is 1. The highest BCUT2D eigenvalue weighted by atomic mass is 32.1. The summed E-state index contributed by atoms with van der Waals surface area (Å²) in [6.07, 6.45) is 1.83. The molecule has 0 bridgehead atoms. The van der Waals surface area contributed by atoms with E-state index in [4.69, 9.17) is 4.74 Å². The molecule has 7 heteroatoms. The molecule has 0 fully saturated rings. The zero-order chi connectivity index (χ0) is 20.4. The number of aromatic nitrogens is 2. The van der Waals surface area contributed by atoms with Gasteiger partial charge in [0.2, 0.25) is 0 Å². The van der Waals surface area contributed by atoms with Gasteiger partial charge in [0.05, 0.1) is 0 Å². The van der Waals surface area contributed by atoms with Crippen LogP contribution in [0.4, 0.5) is 10.2 Å². The molecule has 0 radical (unpaired) electrons. The Morgan fingerprint density at radius 1 is 1.17 bits per heavy atom. The van der Waals surface area contributed by atoms with Crippen LogP contribution in [0.15, 0.2) is 60.1 Å². The highest BCUT2D eigenvalue weighted by molar-refractivity contribution is 7.15. The molecule has 148 valence electrons. The zero-order valence-electron chi connectivity index (χ0n) is 16.1. The van der Waals surface area contributed by atoms with Crippen LogP contribution < -0.4 is 10.1 Å². The maximum Gasteiger partial charge on any atom is 0.263 e. The van der Waals surface area contributed by atoms with Gasteiger partial charge in [0.1, 0.15) is 23.1 Å². The van der Waals surface area contributed by atoms with E-state index >= 15 is 0 Å². The minimum atomic E-state index is -0.322. The third kappa shape index (κ3) is 4.14. The predicted octanol–water partition coefficient (Wildman–Crippen LogP) is 5.34. The summed E-state index contributed by atoms with van der Waals surface area (Å²) in [4.78, 5) is 17.8. The summed E-state index contributed by atoms with van der Waals surface area (Å²) >= 11 is 1.46. The van der Waals surface area contributed by atoms with Crippen molar-refractivity contribution >= 4 is 28.0 Å². The number of benzene rings is 2. The topological polar surface area (TPSA) is 55.6 Å². The van der Waals surface area contributed by atoms with Gasteiger partial charge >= 0.3 is 0 Å². The fourth-order valence-electron chi connectivity index (χ4n) is 2.98. The van der Waals surface area contributed by atoms with Crippen molar-refractivity contribution in [2.45, 2.75) is 19.8 Å². The summed E-state index contributed by atoms with van der Waals surface area (Å²) in [6.45, 7) is 4.12. The first-order valence-electron chi connectivity index (χ1n) is 9.25. The van der Waals surface area contributed by atoms with E-state index in [1.165, 1.54) is 29.0 Å². The summed E-state index contributed by atoms with van der Waals surface area (Å²) in [5.41, 5.74) is 2.53. The fourth-order valence-corrected chi connectivity index (χ4v) is 3.69. The van der Waals surface area contributed by atoms with E-state index < -0.39 is 0 Å². The smallest absolute Gasteiger partial charge is 0.263 e. The Balaban J connectivity index is 1.51. The molecule has 29 heavy (non-hydrogen) atoms. The van der Waals surface area contributed by atoms with Crippen molar-refractivity contribution in [1.29, 1.82) is 0 Å². The second-order valence-corrected chi connectivity index (χ2v) is 7.81. The Kier molecular flexibility index (Phi) is 5.31. The summed E-state index contributed by atoms with van der Waals surface area (Å²) in [6, 6.07) is 13.8. The van der Waals surface area contributed by atoms with E-state index in [2.05, 4.69) is 24.1 Å². The van der Waals surface area contributed by atoms with Crippen molar-refractivity contribution in [2.24, 2.45) is 0 Å². The van der Waals surface area contributed by atoms with Crippen LogP contribution in [-0.2, 0) is 4.79 Å². The lowest BCUT2D eigenvalue weighted by atomic mass is 10.0. The van der Waals surface area contributed by atoms with Gasteiger partial charge in [-0.25, -0.2) is 9.37 Å². The van der Waals surface area contributed by atoms with Gasteiger partial charge in [0, 0.05) is 17.1 Å². The van der Waals surface area contributed by atoms with Crippen LogP contribution in [0.5, 0.6) is 5.75 Å². The molecule has 0 saturated heterocycles. The van der Waals surface area contributed by atoms with Crippen molar-refractivity contribution in [1.82, 2.24) is 9.38 Å². The Labute approximate surface area is 171 Å². The van der Waals surface area contributed by atoms with Gasteiger partial charge in [-0.3, -0.25) is 9.20 Å². The minimum absolute atomic E-state index is 0.124. The number of halogens is 1. The van der Waals surface area contributed by atoms with E-state index in [-0.39, 0.29) is 18.3 Å². The molecule has 4 aromatic rings. The second-order valence-electron chi connectivity index (χ2n) is 6.93. The number of hydrogen-bond acceptors (Lipinski definition) is 4. The molecule has 0 saturated carbocycles. The van der Waals surface area contributed by atoms with Gasteiger partial charge in [-0.1, -0.05) is 26.0 Å². The van der Waals surface area contributed by atoms with Crippen LogP contribution in [0.1, 0.15) is 25.3 Å². The standard InChI is InChI=1S/C22H20FN3O2S/c1-14(2)15-5-9-18(10-6-15)28-13-19(27)24-21-20(16-3-7-17(23)8-4-16)25-22-26(21)11-12-29-22/h3-12,14H,13H2,1-2H3,(H,24,27). The summed E-state index contributed by atoms with van der Waals surface area (Å²) in [7, 11) is 0. The van der Waals surface area contributed by atoms with Crippen LogP contribution in [0.25, 0.3) is 16.2 Å². The van der Waals surface area contributed by atoms with Gasteiger partial charge in [-0.15, -0.1) is 11.3 Å². The Bertz CT molecular complexity index is 1130. The van der Waals surface area contributed by atoms with Crippen LogP contribution in [-0.4, -0.2) is 21.9 Å². The highest BCUT2D eigenvalue weighted by Crippen LogP contribution is 2.31. The zero-order valence-corrected chi connectivity index (χ0v) is 16.9. The number of nitrogens with one attached hydrogen (secondary N) is 1. The first-order valence-corrected chi connectivity index (χ1v) is 10.1. The normalized spacial score (nSPS) is 11.2. The average molecular weight is 409 g/mol. The summed E-state index contributed by atoms with van der Waals surface area (Å²) < 4.78 is 20.7. The maximum absolute atomic E-state index is 13.3. The largest absolute Gasteiger partial charge is 0.484 e. The fraction of sp³-hybridized carbons (Fsp3) is 0.182. The highest BCUT2D eigenvalue weighted by Gasteiger charge is 2.17. The lowest BCUT2D eigenvalue weighted by molar-refractivity contribution is -0.118.